The van der Waals surface area contributed by atoms with Gasteiger partial charge in [0.15, 0.2) is 11.5 Å². The predicted molar refractivity (Wildman–Crippen MR) is 137 cm³/mol. The summed E-state index contributed by atoms with van der Waals surface area (Å²) in [6.45, 7) is 18.0. The number of Topliss-reactive ketones (excluding diaryl/α,β-unsaturated/α-hetero) is 2. The van der Waals surface area contributed by atoms with Gasteiger partial charge in [0, 0.05) is 17.9 Å². The number of ether oxygens (including phenoxy) is 1. The molecule has 0 bridgehead atoms. The molecule has 0 aromatic carbocycles. The first kappa shape index (κ1) is 29.9. The number of ketones is 2. The summed E-state index contributed by atoms with van der Waals surface area (Å²) in [4.78, 5) is 39.9. The van der Waals surface area contributed by atoms with Crippen LogP contribution in [-0.2, 0) is 19.1 Å². The maximum Gasteiger partial charge on any atom is 0.311 e. The van der Waals surface area contributed by atoms with Crippen molar-refractivity contribution in [2.45, 2.75) is 107 Å². The zero-order valence-corrected chi connectivity index (χ0v) is 22.8. The van der Waals surface area contributed by atoms with Gasteiger partial charge in [-0.3, -0.25) is 14.4 Å². The first-order valence-corrected chi connectivity index (χ1v) is 13.0. The van der Waals surface area contributed by atoms with Crippen molar-refractivity contribution in [1.82, 2.24) is 0 Å². The normalized spacial score (nSPS) is 15.6. The Bertz CT molecular complexity index is 840. The fourth-order valence-electron chi connectivity index (χ4n) is 4.15. The molecule has 1 N–H and O–H groups in total. The molecule has 1 rings (SSSR count). The third kappa shape index (κ3) is 7.95. The molecular weight excluding hydrogens is 428 g/mol. The fourth-order valence-corrected chi connectivity index (χ4v) is 4.15. The molecule has 0 fully saturated rings. The number of esters is 1. The molecule has 5 nitrogen and oxygen atoms in total. The van der Waals surface area contributed by atoms with Crippen molar-refractivity contribution >= 4 is 17.5 Å². The molecule has 192 valence electrons. The molecule has 0 radical (unpaired) electrons. The van der Waals surface area contributed by atoms with E-state index >= 15 is 0 Å². The third-order valence-electron chi connectivity index (χ3n) is 6.09. The van der Waals surface area contributed by atoms with Gasteiger partial charge in [0.05, 0.1) is 5.57 Å². The lowest BCUT2D eigenvalue weighted by atomic mass is 9.78. The van der Waals surface area contributed by atoms with E-state index in [1.165, 1.54) is 0 Å². The van der Waals surface area contributed by atoms with Gasteiger partial charge in [-0.25, -0.2) is 0 Å². The molecule has 1 aliphatic carbocycles. The lowest BCUT2D eigenvalue weighted by Crippen LogP contribution is -2.30. The molecule has 0 aromatic rings. The number of aliphatic hydroxyl groups is 1. The summed E-state index contributed by atoms with van der Waals surface area (Å²) in [5.74, 6) is -0.982. The lowest BCUT2D eigenvalue weighted by Gasteiger charge is -2.28. The number of rotatable bonds is 13. The van der Waals surface area contributed by atoms with Crippen LogP contribution in [0.2, 0.25) is 0 Å². The zero-order valence-electron chi connectivity index (χ0n) is 22.8. The van der Waals surface area contributed by atoms with Crippen LogP contribution in [0.3, 0.4) is 0 Å². The summed E-state index contributed by atoms with van der Waals surface area (Å²) in [5.41, 5.74) is 1.44. The highest BCUT2D eigenvalue weighted by Crippen LogP contribution is 2.40. The summed E-state index contributed by atoms with van der Waals surface area (Å²) in [5, 5.41) is 11.5. The third-order valence-corrected chi connectivity index (χ3v) is 6.09. The van der Waals surface area contributed by atoms with Gasteiger partial charge in [-0.05, 0) is 56.3 Å². The lowest BCUT2D eigenvalue weighted by molar-refractivity contribution is -0.139. The van der Waals surface area contributed by atoms with Gasteiger partial charge in [-0.2, -0.15) is 0 Å². The minimum atomic E-state index is -0.508. The number of hydrogen-bond donors (Lipinski definition) is 1. The summed E-state index contributed by atoms with van der Waals surface area (Å²) in [6, 6.07) is 0. The Morgan fingerprint density at radius 3 is 1.91 bits per heavy atom. The minimum absolute atomic E-state index is 0.0240. The molecule has 5 heteroatoms. The SMILES string of the molecule is CCCC(=O)OC1=C(C(=O)C(C)CC)C(=O)C(=C(CC(C)C)CC(C)C)C(O)=C1CCC(C)C. The van der Waals surface area contributed by atoms with Crippen LogP contribution >= 0.6 is 0 Å². The van der Waals surface area contributed by atoms with Crippen molar-refractivity contribution in [1.29, 1.82) is 0 Å². The summed E-state index contributed by atoms with van der Waals surface area (Å²) >= 11 is 0. The summed E-state index contributed by atoms with van der Waals surface area (Å²) in [6.07, 6.45) is 3.77. The van der Waals surface area contributed by atoms with Crippen molar-refractivity contribution < 1.29 is 24.2 Å². The van der Waals surface area contributed by atoms with E-state index in [0.29, 0.717) is 43.6 Å². The number of carbonyl (C=O) groups excluding carboxylic acids is 3. The van der Waals surface area contributed by atoms with Gasteiger partial charge in [0.1, 0.15) is 11.3 Å². The highest BCUT2D eigenvalue weighted by molar-refractivity contribution is 6.29. The molecule has 0 amide bonds. The van der Waals surface area contributed by atoms with Crippen LogP contribution < -0.4 is 0 Å². The molecule has 0 aliphatic heterocycles. The molecule has 0 saturated heterocycles. The molecule has 1 aliphatic rings. The van der Waals surface area contributed by atoms with Crippen LogP contribution in [0, 0.1) is 23.7 Å². The number of carbonyl (C=O) groups is 3. The van der Waals surface area contributed by atoms with Gasteiger partial charge in [0.2, 0.25) is 5.78 Å². The van der Waals surface area contributed by atoms with Crippen molar-refractivity contribution in [3.63, 3.8) is 0 Å². The van der Waals surface area contributed by atoms with E-state index in [0.717, 1.165) is 12.0 Å². The second-order valence-electron chi connectivity index (χ2n) is 10.9. The maximum atomic E-state index is 13.9. The Labute approximate surface area is 206 Å². The van der Waals surface area contributed by atoms with Gasteiger partial charge < -0.3 is 9.84 Å². The van der Waals surface area contributed by atoms with Crippen molar-refractivity contribution in [3.8, 4) is 0 Å². The van der Waals surface area contributed by atoms with Crippen LogP contribution in [0.25, 0.3) is 0 Å². The second-order valence-corrected chi connectivity index (χ2v) is 10.9. The molecule has 0 saturated carbocycles. The number of allylic oxidation sites excluding steroid dienone is 4. The van der Waals surface area contributed by atoms with Crippen LogP contribution in [0.4, 0.5) is 0 Å². The van der Waals surface area contributed by atoms with E-state index < -0.39 is 17.7 Å². The van der Waals surface area contributed by atoms with E-state index in [2.05, 4.69) is 41.5 Å². The first-order chi connectivity index (χ1) is 15.8. The van der Waals surface area contributed by atoms with Crippen LogP contribution in [0.15, 0.2) is 33.8 Å². The maximum absolute atomic E-state index is 13.9. The average molecular weight is 475 g/mol. The van der Waals surface area contributed by atoms with E-state index in [-0.39, 0.29) is 46.7 Å². The number of aliphatic hydroxyl groups excluding tert-OH is 1. The topological polar surface area (TPSA) is 80.7 Å². The molecule has 0 spiro atoms. The quantitative estimate of drug-likeness (QED) is 0.171. The molecule has 34 heavy (non-hydrogen) atoms. The largest absolute Gasteiger partial charge is 0.507 e. The highest BCUT2D eigenvalue weighted by atomic mass is 16.5. The Morgan fingerprint density at radius 2 is 1.47 bits per heavy atom. The molecule has 1 unspecified atom stereocenters. The fraction of sp³-hybridized carbons (Fsp3) is 0.690. The van der Waals surface area contributed by atoms with E-state index in [1.807, 2.05) is 13.8 Å². The Kier molecular flexibility index (Phi) is 12.0. The van der Waals surface area contributed by atoms with Crippen LogP contribution in [0.5, 0.6) is 0 Å². The van der Waals surface area contributed by atoms with E-state index in [4.69, 9.17) is 4.74 Å². The first-order valence-electron chi connectivity index (χ1n) is 13.0. The van der Waals surface area contributed by atoms with Gasteiger partial charge in [-0.15, -0.1) is 0 Å². The van der Waals surface area contributed by atoms with E-state index in [9.17, 15) is 19.5 Å². The van der Waals surface area contributed by atoms with Gasteiger partial charge in [-0.1, -0.05) is 67.9 Å². The van der Waals surface area contributed by atoms with Gasteiger partial charge >= 0.3 is 5.97 Å². The summed E-state index contributed by atoms with van der Waals surface area (Å²) < 4.78 is 5.69. The molecular formula is C29H46O5. The van der Waals surface area contributed by atoms with Crippen LogP contribution in [-0.4, -0.2) is 22.6 Å². The summed E-state index contributed by atoms with van der Waals surface area (Å²) in [7, 11) is 0. The van der Waals surface area contributed by atoms with Crippen LogP contribution in [0.1, 0.15) is 107 Å². The monoisotopic (exact) mass is 474 g/mol. The number of hydrogen-bond acceptors (Lipinski definition) is 5. The smallest absolute Gasteiger partial charge is 0.311 e. The van der Waals surface area contributed by atoms with Crippen molar-refractivity contribution in [2.24, 2.45) is 23.7 Å². The average Bonchev–Trinajstić information content (AvgIpc) is 2.71. The molecule has 0 heterocycles. The highest BCUT2D eigenvalue weighted by Gasteiger charge is 2.40. The van der Waals surface area contributed by atoms with Crippen molar-refractivity contribution in [3.05, 3.63) is 33.8 Å². The second kappa shape index (κ2) is 13.7. The van der Waals surface area contributed by atoms with E-state index in [1.54, 1.807) is 6.92 Å². The minimum Gasteiger partial charge on any atom is -0.507 e. The van der Waals surface area contributed by atoms with Crippen molar-refractivity contribution in [2.75, 3.05) is 0 Å². The molecule has 1 atom stereocenters. The molecule has 0 aromatic heterocycles. The zero-order chi connectivity index (χ0) is 26.2. The predicted octanol–water partition coefficient (Wildman–Crippen LogP) is 7.42. The Morgan fingerprint density at radius 1 is 0.912 bits per heavy atom. The Balaban J connectivity index is 3.96. The Hall–Kier alpha value is -2.17. The van der Waals surface area contributed by atoms with Gasteiger partial charge in [0.25, 0.3) is 0 Å². The standard InChI is InChI=1S/C29H46O5/c1-10-12-23(30)34-29-22(14-13-17(3)4)27(32)24(21(15-18(5)6)16-19(7)8)28(33)25(29)26(31)20(9)11-2/h17-20,32H,10-16H2,1-9H3.